The smallest absolute Gasteiger partial charge is 0.291 e. The maximum Gasteiger partial charge on any atom is 0.291 e. The summed E-state index contributed by atoms with van der Waals surface area (Å²) >= 11 is 0. The molecule has 0 aliphatic rings. The molecule has 0 saturated heterocycles. The van der Waals surface area contributed by atoms with Crippen molar-refractivity contribution in [2.75, 3.05) is 0 Å². The Hall–Kier alpha value is -3.61. The van der Waals surface area contributed by atoms with E-state index in [4.69, 9.17) is 8.83 Å². The lowest BCUT2D eigenvalue weighted by atomic mass is 10.2. The molecule has 0 aliphatic heterocycles. The van der Waals surface area contributed by atoms with Gasteiger partial charge in [0.1, 0.15) is 17.3 Å². The zero-order valence-electron chi connectivity index (χ0n) is 13.6. The number of rotatable bonds is 6. The number of furan rings is 2. The fraction of sp³-hybridized carbons (Fsp3) is 0.0526. The Labute approximate surface area is 148 Å². The third-order valence-electron chi connectivity index (χ3n) is 3.42. The van der Waals surface area contributed by atoms with Crippen LogP contribution in [0.25, 0.3) is 6.08 Å². The maximum absolute atomic E-state index is 13.1. The number of carbonyl (C=O) groups excluding carboxylic acids is 2. The Bertz CT molecular complexity index is 898. The average Bonchev–Trinajstić information content (AvgIpc) is 3.34. The summed E-state index contributed by atoms with van der Waals surface area (Å²) in [6, 6.07) is 12.0. The number of benzene rings is 1. The van der Waals surface area contributed by atoms with E-state index < -0.39 is 17.6 Å². The minimum Gasteiger partial charge on any atom is -0.467 e. The first-order valence-electron chi connectivity index (χ1n) is 7.74. The van der Waals surface area contributed by atoms with Crippen LogP contribution in [0, 0.1) is 5.82 Å². The van der Waals surface area contributed by atoms with E-state index in [1.807, 2.05) is 0 Å². The fourth-order valence-electron chi connectivity index (χ4n) is 2.15. The van der Waals surface area contributed by atoms with E-state index in [0.29, 0.717) is 11.3 Å². The van der Waals surface area contributed by atoms with Crippen LogP contribution in [0.5, 0.6) is 0 Å². The van der Waals surface area contributed by atoms with Crippen molar-refractivity contribution in [3.63, 3.8) is 0 Å². The van der Waals surface area contributed by atoms with Crippen molar-refractivity contribution in [3.8, 4) is 0 Å². The summed E-state index contributed by atoms with van der Waals surface area (Å²) in [5, 5.41) is 5.15. The van der Waals surface area contributed by atoms with E-state index in [0.717, 1.165) is 0 Å². The van der Waals surface area contributed by atoms with Crippen molar-refractivity contribution in [1.82, 2.24) is 10.6 Å². The van der Waals surface area contributed by atoms with E-state index in [1.54, 1.807) is 18.2 Å². The minimum absolute atomic E-state index is 0.00966. The van der Waals surface area contributed by atoms with Crippen LogP contribution in [-0.4, -0.2) is 11.8 Å². The monoisotopic (exact) mass is 354 g/mol. The van der Waals surface area contributed by atoms with Crippen molar-refractivity contribution in [3.05, 3.63) is 89.7 Å². The van der Waals surface area contributed by atoms with Gasteiger partial charge in [-0.1, -0.05) is 12.1 Å². The lowest BCUT2D eigenvalue weighted by molar-refractivity contribution is -0.118. The van der Waals surface area contributed by atoms with Gasteiger partial charge in [-0.15, -0.1) is 0 Å². The zero-order valence-corrected chi connectivity index (χ0v) is 13.6. The van der Waals surface area contributed by atoms with E-state index in [2.05, 4.69) is 10.6 Å². The van der Waals surface area contributed by atoms with Crippen LogP contribution in [0.2, 0.25) is 0 Å². The number of hydrogen-bond acceptors (Lipinski definition) is 4. The number of carbonyl (C=O) groups is 2. The molecule has 0 spiro atoms. The predicted molar refractivity (Wildman–Crippen MR) is 91.1 cm³/mol. The van der Waals surface area contributed by atoms with E-state index in [1.165, 1.54) is 48.9 Å². The van der Waals surface area contributed by atoms with Gasteiger partial charge in [0.2, 0.25) is 0 Å². The summed E-state index contributed by atoms with van der Waals surface area (Å²) in [5.74, 6) is -0.863. The predicted octanol–water partition coefficient (Wildman–Crippen LogP) is 3.10. The summed E-state index contributed by atoms with van der Waals surface area (Å²) < 4.78 is 23.2. The number of amides is 2. The van der Waals surface area contributed by atoms with Gasteiger partial charge in [-0.2, -0.15) is 0 Å². The van der Waals surface area contributed by atoms with Crippen molar-refractivity contribution < 1.29 is 22.8 Å². The van der Waals surface area contributed by atoms with Crippen LogP contribution in [0.3, 0.4) is 0 Å². The molecule has 0 atom stereocenters. The topological polar surface area (TPSA) is 84.5 Å². The average molecular weight is 354 g/mol. The maximum atomic E-state index is 13.1. The van der Waals surface area contributed by atoms with Gasteiger partial charge >= 0.3 is 0 Å². The Morgan fingerprint density at radius 3 is 2.38 bits per heavy atom. The molecule has 26 heavy (non-hydrogen) atoms. The molecule has 2 heterocycles. The van der Waals surface area contributed by atoms with Gasteiger partial charge in [0.25, 0.3) is 11.8 Å². The molecule has 6 nitrogen and oxygen atoms in total. The molecule has 132 valence electrons. The molecule has 2 amide bonds. The molecule has 2 aromatic heterocycles. The number of halogens is 1. The van der Waals surface area contributed by atoms with Crippen molar-refractivity contribution in [2.24, 2.45) is 0 Å². The summed E-state index contributed by atoms with van der Waals surface area (Å²) in [6.45, 7) is 0.156. The number of hydrogen-bond donors (Lipinski definition) is 2. The minimum atomic E-state index is -0.573. The van der Waals surface area contributed by atoms with Gasteiger partial charge in [-0.25, -0.2) is 4.39 Å². The van der Waals surface area contributed by atoms with Crippen LogP contribution >= 0.6 is 0 Å². The Morgan fingerprint density at radius 1 is 1.00 bits per heavy atom. The van der Waals surface area contributed by atoms with Gasteiger partial charge in [-0.3, -0.25) is 9.59 Å². The van der Waals surface area contributed by atoms with Gasteiger partial charge in [-0.05, 0) is 48.0 Å². The summed E-state index contributed by atoms with van der Waals surface area (Å²) in [4.78, 5) is 24.7. The molecule has 0 bridgehead atoms. The molecule has 2 N–H and O–H groups in total. The summed E-state index contributed by atoms with van der Waals surface area (Å²) in [6.07, 6.45) is 4.29. The highest BCUT2D eigenvalue weighted by Gasteiger charge is 2.16. The third kappa shape index (κ3) is 4.47. The van der Waals surface area contributed by atoms with E-state index in [9.17, 15) is 14.0 Å². The molecule has 0 unspecified atom stereocenters. The van der Waals surface area contributed by atoms with Crippen LogP contribution in [-0.2, 0) is 11.3 Å². The quantitative estimate of drug-likeness (QED) is 0.666. The molecule has 3 rings (SSSR count). The largest absolute Gasteiger partial charge is 0.467 e. The van der Waals surface area contributed by atoms with Crippen molar-refractivity contribution >= 4 is 17.9 Å². The highest BCUT2D eigenvalue weighted by atomic mass is 19.1. The molecule has 0 fully saturated rings. The molecule has 3 aromatic rings. The van der Waals surface area contributed by atoms with Crippen molar-refractivity contribution in [1.29, 1.82) is 0 Å². The van der Waals surface area contributed by atoms with Crippen molar-refractivity contribution in [2.45, 2.75) is 6.54 Å². The Kier molecular flexibility index (Phi) is 5.28. The summed E-state index contributed by atoms with van der Waals surface area (Å²) in [5.41, 5.74) is 0.541. The van der Waals surface area contributed by atoms with Crippen LogP contribution in [0.15, 0.2) is 75.6 Å². The standard InChI is InChI=1S/C19H15FN2O4/c20-14-7-5-13(6-8-14)11-16(22-19(24)17-4-2-10-26-17)18(23)21-12-15-3-1-9-25-15/h1-11H,12H2,(H,21,23)(H,22,24). The first-order chi connectivity index (χ1) is 12.6. The molecule has 0 radical (unpaired) electrons. The van der Waals surface area contributed by atoms with Gasteiger partial charge < -0.3 is 19.5 Å². The second-order valence-corrected chi connectivity index (χ2v) is 5.30. The van der Waals surface area contributed by atoms with Crippen LogP contribution in [0.4, 0.5) is 4.39 Å². The first-order valence-corrected chi connectivity index (χ1v) is 7.74. The molecule has 7 heteroatoms. The van der Waals surface area contributed by atoms with Crippen LogP contribution in [0.1, 0.15) is 21.9 Å². The summed E-state index contributed by atoms with van der Waals surface area (Å²) in [7, 11) is 0. The lowest BCUT2D eigenvalue weighted by Crippen LogP contribution is -2.34. The van der Waals surface area contributed by atoms with E-state index in [-0.39, 0.29) is 18.0 Å². The number of nitrogens with one attached hydrogen (secondary N) is 2. The second-order valence-electron chi connectivity index (χ2n) is 5.30. The second kappa shape index (κ2) is 7.98. The lowest BCUT2D eigenvalue weighted by Gasteiger charge is -2.09. The third-order valence-corrected chi connectivity index (χ3v) is 3.42. The molecular weight excluding hydrogens is 339 g/mol. The molecular formula is C19H15FN2O4. The van der Waals surface area contributed by atoms with Crippen LogP contribution < -0.4 is 10.6 Å². The SMILES string of the molecule is O=C(NCc1ccco1)C(=Cc1ccc(F)cc1)NC(=O)c1ccco1. The molecule has 1 aromatic carbocycles. The molecule has 0 aliphatic carbocycles. The molecule has 0 saturated carbocycles. The highest BCUT2D eigenvalue weighted by molar-refractivity contribution is 6.04. The highest BCUT2D eigenvalue weighted by Crippen LogP contribution is 2.09. The first kappa shape index (κ1) is 17.2. The fourth-order valence-corrected chi connectivity index (χ4v) is 2.15. The van der Waals surface area contributed by atoms with Gasteiger partial charge in [0, 0.05) is 0 Å². The van der Waals surface area contributed by atoms with Gasteiger partial charge in [0.15, 0.2) is 5.76 Å². The Morgan fingerprint density at radius 2 is 1.73 bits per heavy atom. The van der Waals surface area contributed by atoms with E-state index >= 15 is 0 Å². The zero-order chi connectivity index (χ0) is 18.4. The Balaban J connectivity index is 1.78. The normalized spacial score (nSPS) is 11.2. The van der Waals surface area contributed by atoms with Gasteiger partial charge in [0.05, 0.1) is 19.1 Å².